The Morgan fingerprint density at radius 3 is 2.31 bits per heavy atom. The van der Waals surface area contributed by atoms with Gasteiger partial charge in [0.25, 0.3) is 0 Å². The third kappa shape index (κ3) is 3.76. The van der Waals surface area contributed by atoms with Crippen LogP contribution in [-0.4, -0.2) is 6.61 Å². The van der Waals surface area contributed by atoms with E-state index in [1.54, 1.807) is 13.0 Å². The second kappa shape index (κ2) is 4.76. The summed E-state index contributed by atoms with van der Waals surface area (Å²) in [6.45, 7) is 5.93. The summed E-state index contributed by atoms with van der Waals surface area (Å²) in [5.74, 6) is 0.566. The van der Waals surface area contributed by atoms with Crippen molar-refractivity contribution in [2.75, 3.05) is 6.61 Å². The normalized spacial score (nSPS) is 11.9. The molecule has 0 aliphatic rings. The largest absolute Gasteiger partial charge is 0.493 e. The van der Waals surface area contributed by atoms with Gasteiger partial charge in [0.15, 0.2) is 0 Å². The van der Waals surface area contributed by atoms with Gasteiger partial charge in [-0.05, 0) is 36.6 Å². The minimum absolute atomic E-state index is 0.279. The third-order valence-electron chi connectivity index (χ3n) is 1.96. The highest BCUT2D eigenvalue weighted by atomic mass is 19.4. The molecule has 0 aliphatic carbocycles. The van der Waals surface area contributed by atoms with Crippen LogP contribution >= 0.6 is 0 Å². The summed E-state index contributed by atoms with van der Waals surface area (Å²) in [5.41, 5.74) is -0.111. The molecule has 0 saturated carbocycles. The topological polar surface area (TPSA) is 9.23 Å². The minimum Gasteiger partial charge on any atom is -0.493 e. The number of ether oxygens (including phenoxy) is 1. The lowest BCUT2D eigenvalue weighted by molar-refractivity contribution is -0.137. The summed E-state index contributed by atoms with van der Waals surface area (Å²) >= 11 is 0. The molecule has 0 fully saturated rings. The Bertz CT molecular complexity index is 356. The summed E-state index contributed by atoms with van der Waals surface area (Å²) in [5, 5.41) is 0. The van der Waals surface area contributed by atoms with Crippen molar-refractivity contribution in [2.45, 2.75) is 26.9 Å². The highest BCUT2D eigenvalue weighted by molar-refractivity contribution is 5.35. The van der Waals surface area contributed by atoms with Gasteiger partial charge in [0.05, 0.1) is 12.2 Å². The zero-order valence-electron chi connectivity index (χ0n) is 9.56. The first-order valence-corrected chi connectivity index (χ1v) is 5.10. The van der Waals surface area contributed by atoms with Crippen molar-refractivity contribution in [2.24, 2.45) is 5.92 Å². The van der Waals surface area contributed by atoms with Crippen LogP contribution in [0.3, 0.4) is 0 Å². The molecule has 1 rings (SSSR count). The fourth-order valence-electron chi connectivity index (χ4n) is 1.26. The highest BCUT2D eigenvalue weighted by Gasteiger charge is 2.31. The van der Waals surface area contributed by atoms with Crippen LogP contribution in [0.15, 0.2) is 18.2 Å². The van der Waals surface area contributed by atoms with Crippen molar-refractivity contribution in [3.05, 3.63) is 29.3 Å². The van der Waals surface area contributed by atoms with Gasteiger partial charge < -0.3 is 4.74 Å². The molecule has 0 N–H and O–H groups in total. The molecule has 0 saturated heterocycles. The van der Waals surface area contributed by atoms with Gasteiger partial charge in [-0.25, -0.2) is 0 Å². The van der Waals surface area contributed by atoms with E-state index in [4.69, 9.17) is 4.74 Å². The molecular weight excluding hydrogens is 217 g/mol. The van der Waals surface area contributed by atoms with Crippen LogP contribution in [0.5, 0.6) is 5.75 Å². The Morgan fingerprint density at radius 1 is 1.19 bits per heavy atom. The van der Waals surface area contributed by atoms with E-state index in [-0.39, 0.29) is 11.7 Å². The van der Waals surface area contributed by atoms with Crippen molar-refractivity contribution in [3.8, 4) is 5.75 Å². The molecule has 0 atom stereocenters. The summed E-state index contributed by atoms with van der Waals surface area (Å²) in [4.78, 5) is 0. The molecule has 90 valence electrons. The molecule has 0 bridgehead atoms. The first kappa shape index (κ1) is 12.9. The summed E-state index contributed by atoms with van der Waals surface area (Å²) < 4.78 is 42.8. The van der Waals surface area contributed by atoms with Crippen molar-refractivity contribution < 1.29 is 17.9 Å². The number of benzene rings is 1. The Morgan fingerprint density at radius 2 is 1.81 bits per heavy atom. The van der Waals surface area contributed by atoms with Gasteiger partial charge in [0.1, 0.15) is 5.75 Å². The van der Waals surface area contributed by atoms with E-state index >= 15 is 0 Å². The molecule has 0 heterocycles. The summed E-state index contributed by atoms with van der Waals surface area (Å²) in [6, 6.07) is 3.76. The molecule has 1 aromatic carbocycles. The minimum atomic E-state index is -4.32. The molecule has 0 aromatic heterocycles. The molecule has 0 aliphatic heterocycles. The van der Waals surface area contributed by atoms with Crippen LogP contribution < -0.4 is 4.74 Å². The van der Waals surface area contributed by atoms with Crippen LogP contribution in [0.2, 0.25) is 0 Å². The van der Waals surface area contributed by atoms with Crippen LogP contribution in [-0.2, 0) is 6.18 Å². The van der Waals surface area contributed by atoms with Gasteiger partial charge in [-0.2, -0.15) is 13.2 Å². The number of hydrogen-bond acceptors (Lipinski definition) is 1. The summed E-state index contributed by atoms with van der Waals surface area (Å²) in [6.07, 6.45) is -4.32. The number of alkyl halides is 3. The first-order valence-electron chi connectivity index (χ1n) is 5.10. The Balaban J connectivity index is 2.90. The zero-order valence-corrected chi connectivity index (χ0v) is 9.56. The van der Waals surface area contributed by atoms with Gasteiger partial charge in [-0.1, -0.05) is 13.8 Å². The molecule has 0 amide bonds. The van der Waals surface area contributed by atoms with Crippen LogP contribution in [0.4, 0.5) is 13.2 Å². The van der Waals surface area contributed by atoms with E-state index < -0.39 is 11.7 Å². The average Bonchev–Trinajstić information content (AvgIpc) is 2.12. The SMILES string of the molecule is Cc1cc(OCC(C)C)cc(C(F)(F)F)c1. The quantitative estimate of drug-likeness (QED) is 0.764. The standard InChI is InChI=1S/C12H15F3O/c1-8(2)7-16-11-5-9(3)4-10(6-11)12(13,14)15/h4-6,8H,7H2,1-3H3. The monoisotopic (exact) mass is 232 g/mol. The van der Waals surface area contributed by atoms with Gasteiger partial charge in [-0.3, -0.25) is 0 Å². The predicted octanol–water partition coefficient (Wildman–Crippen LogP) is 4.05. The fourth-order valence-corrected chi connectivity index (χ4v) is 1.26. The number of hydrogen-bond donors (Lipinski definition) is 0. The van der Waals surface area contributed by atoms with E-state index in [0.717, 1.165) is 12.1 Å². The van der Waals surface area contributed by atoms with Gasteiger partial charge in [0, 0.05) is 0 Å². The average molecular weight is 232 g/mol. The Kier molecular flexibility index (Phi) is 3.83. The van der Waals surface area contributed by atoms with E-state index in [1.807, 2.05) is 13.8 Å². The van der Waals surface area contributed by atoms with Crippen molar-refractivity contribution >= 4 is 0 Å². The number of halogens is 3. The van der Waals surface area contributed by atoms with E-state index in [9.17, 15) is 13.2 Å². The Hall–Kier alpha value is -1.19. The third-order valence-corrected chi connectivity index (χ3v) is 1.96. The second-order valence-electron chi connectivity index (χ2n) is 4.24. The highest BCUT2D eigenvalue weighted by Crippen LogP contribution is 2.32. The lowest BCUT2D eigenvalue weighted by atomic mass is 10.1. The maximum absolute atomic E-state index is 12.5. The Labute approximate surface area is 93.2 Å². The molecular formula is C12H15F3O. The van der Waals surface area contributed by atoms with Crippen molar-refractivity contribution in [1.29, 1.82) is 0 Å². The maximum Gasteiger partial charge on any atom is 0.416 e. The molecule has 1 aromatic rings. The molecule has 0 unspecified atom stereocenters. The smallest absolute Gasteiger partial charge is 0.416 e. The molecule has 4 heteroatoms. The van der Waals surface area contributed by atoms with Crippen molar-refractivity contribution in [1.82, 2.24) is 0 Å². The number of rotatable bonds is 3. The summed E-state index contributed by atoms with van der Waals surface area (Å²) in [7, 11) is 0. The predicted molar refractivity (Wildman–Crippen MR) is 56.5 cm³/mol. The number of aryl methyl sites for hydroxylation is 1. The fraction of sp³-hybridized carbons (Fsp3) is 0.500. The molecule has 1 nitrogen and oxygen atoms in total. The zero-order chi connectivity index (χ0) is 12.3. The second-order valence-corrected chi connectivity index (χ2v) is 4.24. The molecule has 16 heavy (non-hydrogen) atoms. The van der Waals surface area contributed by atoms with Crippen LogP contribution in [0.1, 0.15) is 25.0 Å². The maximum atomic E-state index is 12.5. The van der Waals surface area contributed by atoms with Crippen LogP contribution in [0, 0.1) is 12.8 Å². The van der Waals surface area contributed by atoms with Gasteiger partial charge in [0.2, 0.25) is 0 Å². The van der Waals surface area contributed by atoms with Crippen LogP contribution in [0.25, 0.3) is 0 Å². The first-order chi connectivity index (χ1) is 7.29. The van der Waals surface area contributed by atoms with Gasteiger partial charge >= 0.3 is 6.18 Å². The van der Waals surface area contributed by atoms with E-state index in [2.05, 4.69) is 0 Å². The lowest BCUT2D eigenvalue weighted by Crippen LogP contribution is -2.08. The van der Waals surface area contributed by atoms with Crippen molar-refractivity contribution in [3.63, 3.8) is 0 Å². The molecule has 0 spiro atoms. The van der Waals surface area contributed by atoms with Gasteiger partial charge in [-0.15, -0.1) is 0 Å². The van der Waals surface area contributed by atoms with E-state index in [1.165, 1.54) is 0 Å². The van der Waals surface area contributed by atoms with E-state index in [0.29, 0.717) is 12.2 Å². The molecule has 0 radical (unpaired) electrons. The lowest BCUT2D eigenvalue weighted by Gasteiger charge is -2.13.